The quantitative estimate of drug-likeness (QED) is 0.802. The highest BCUT2D eigenvalue weighted by Gasteiger charge is 2.15. The number of benzene rings is 2. The fourth-order valence-electron chi connectivity index (χ4n) is 2.21. The molecular formula is C19H20Cl2N2O3. The molecule has 2 rings (SSSR count). The van der Waals surface area contributed by atoms with Crippen LogP contribution in [-0.4, -0.2) is 36.9 Å². The van der Waals surface area contributed by atoms with E-state index in [1.807, 2.05) is 32.0 Å². The minimum absolute atomic E-state index is 0.0845. The van der Waals surface area contributed by atoms with Gasteiger partial charge in [0.2, 0.25) is 5.91 Å². The number of ether oxygens (including phenoxy) is 1. The number of hydrogen-bond donors (Lipinski definition) is 1. The van der Waals surface area contributed by atoms with Gasteiger partial charge < -0.3 is 15.0 Å². The second-order valence-electron chi connectivity index (χ2n) is 5.96. The van der Waals surface area contributed by atoms with Crippen molar-refractivity contribution in [2.75, 3.05) is 25.5 Å². The van der Waals surface area contributed by atoms with E-state index in [1.54, 1.807) is 18.2 Å². The van der Waals surface area contributed by atoms with Crippen LogP contribution in [0.1, 0.15) is 11.1 Å². The van der Waals surface area contributed by atoms with E-state index in [2.05, 4.69) is 5.32 Å². The summed E-state index contributed by atoms with van der Waals surface area (Å²) in [4.78, 5) is 25.6. The molecule has 2 amide bonds. The Balaban J connectivity index is 1.89. The lowest BCUT2D eigenvalue weighted by atomic mass is 10.1. The molecule has 0 aromatic heterocycles. The zero-order valence-electron chi connectivity index (χ0n) is 14.8. The second kappa shape index (κ2) is 8.92. The Bertz CT molecular complexity index is 824. The largest absolute Gasteiger partial charge is 0.482 e. The summed E-state index contributed by atoms with van der Waals surface area (Å²) in [5, 5.41) is 3.41. The fourth-order valence-corrected chi connectivity index (χ4v) is 2.56. The molecule has 0 saturated carbocycles. The molecule has 0 heterocycles. The normalized spacial score (nSPS) is 10.3. The molecule has 0 aliphatic rings. The van der Waals surface area contributed by atoms with Gasteiger partial charge in [0.1, 0.15) is 10.8 Å². The first kappa shape index (κ1) is 20.1. The maximum Gasteiger partial charge on any atom is 0.260 e. The number of hydrogen-bond acceptors (Lipinski definition) is 3. The smallest absolute Gasteiger partial charge is 0.260 e. The average molecular weight is 395 g/mol. The van der Waals surface area contributed by atoms with Crippen molar-refractivity contribution in [1.82, 2.24) is 4.90 Å². The van der Waals surface area contributed by atoms with Crippen molar-refractivity contribution in [3.8, 4) is 5.75 Å². The molecule has 5 nitrogen and oxygen atoms in total. The number of carbonyl (C=O) groups is 2. The summed E-state index contributed by atoms with van der Waals surface area (Å²) in [5.41, 5.74) is 2.73. The summed E-state index contributed by atoms with van der Waals surface area (Å²) in [6.07, 6.45) is 0. The summed E-state index contributed by atoms with van der Waals surface area (Å²) in [6.45, 7) is 3.53. The van der Waals surface area contributed by atoms with Crippen LogP contribution >= 0.6 is 23.2 Å². The zero-order valence-corrected chi connectivity index (χ0v) is 16.3. The molecule has 2 aromatic rings. The van der Waals surface area contributed by atoms with Gasteiger partial charge in [-0.15, -0.1) is 0 Å². The van der Waals surface area contributed by atoms with Crippen molar-refractivity contribution in [3.63, 3.8) is 0 Å². The summed E-state index contributed by atoms with van der Waals surface area (Å²) in [7, 11) is 1.54. The molecule has 1 N–H and O–H groups in total. The lowest BCUT2D eigenvalue weighted by Gasteiger charge is -2.18. The first-order valence-electron chi connectivity index (χ1n) is 7.96. The van der Waals surface area contributed by atoms with Gasteiger partial charge in [-0.3, -0.25) is 9.59 Å². The van der Waals surface area contributed by atoms with Crippen LogP contribution in [0.3, 0.4) is 0 Å². The maximum atomic E-state index is 12.2. The number of aryl methyl sites for hydroxylation is 2. The van der Waals surface area contributed by atoms with Gasteiger partial charge in [-0.05, 0) is 43.2 Å². The monoisotopic (exact) mass is 394 g/mol. The van der Waals surface area contributed by atoms with Crippen LogP contribution in [0.4, 0.5) is 5.69 Å². The molecule has 0 unspecified atom stereocenters. The second-order valence-corrected chi connectivity index (χ2v) is 6.74. The van der Waals surface area contributed by atoms with Crippen molar-refractivity contribution in [1.29, 1.82) is 0 Å². The van der Waals surface area contributed by atoms with Crippen molar-refractivity contribution in [2.24, 2.45) is 0 Å². The average Bonchev–Trinajstić information content (AvgIpc) is 2.59. The van der Waals surface area contributed by atoms with Crippen molar-refractivity contribution < 1.29 is 14.3 Å². The molecule has 2 aromatic carbocycles. The minimum Gasteiger partial charge on any atom is -0.482 e. The molecule has 0 spiro atoms. The number of nitrogens with zero attached hydrogens (tertiary/aromatic N) is 1. The Morgan fingerprint density at radius 2 is 1.88 bits per heavy atom. The summed E-state index contributed by atoms with van der Waals surface area (Å²) >= 11 is 11.9. The Kier molecular flexibility index (Phi) is 6.89. The molecule has 7 heteroatoms. The number of rotatable bonds is 6. The Labute approximate surface area is 162 Å². The van der Waals surface area contributed by atoms with Crippen molar-refractivity contribution >= 4 is 40.7 Å². The predicted octanol–water partition coefficient (Wildman–Crippen LogP) is 4.09. The van der Waals surface area contributed by atoms with Crippen LogP contribution in [0.2, 0.25) is 10.0 Å². The molecule has 0 saturated heterocycles. The van der Waals surface area contributed by atoms with Crippen LogP contribution in [-0.2, 0) is 9.59 Å². The summed E-state index contributed by atoms with van der Waals surface area (Å²) in [5.74, 6) is -0.312. The summed E-state index contributed by atoms with van der Waals surface area (Å²) in [6, 6.07) is 10.7. The number of amides is 2. The van der Waals surface area contributed by atoms with E-state index >= 15 is 0 Å². The standard InChI is InChI=1S/C19H20Cl2N2O3/c1-12-7-8-13(2)15(9-12)22-17(24)10-23(3)18(25)11-26-16-6-4-5-14(20)19(16)21/h4-9H,10-11H2,1-3H3,(H,22,24). The Hall–Kier alpha value is -2.24. The fraction of sp³-hybridized carbons (Fsp3) is 0.263. The van der Waals surface area contributed by atoms with Crippen LogP contribution < -0.4 is 10.1 Å². The third-order valence-corrected chi connectivity index (χ3v) is 4.54. The highest BCUT2D eigenvalue weighted by Crippen LogP contribution is 2.31. The van der Waals surface area contributed by atoms with Gasteiger partial charge >= 0.3 is 0 Å². The van der Waals surface area contributed by atoms with Crippen LogP contribution in [0.15, 0.2) is 36.4 Å². The SMILES string of the molecule is Cc1ccc(C)c(NC(=O)CN(C)C(=O)COc2cccc(Cl)c2Cl)c1. The van der Waals surface area contributed by atoms with E-state index < -0.39 is 0 Å². The van der Waals surface area contributed by atoms with Gasteiger partial charge in [-0.2, -0.15) is 0 Å². The highest BCUT2D eigenvalue weighted by atomic mass is 35.5. The number of nitrogens with one attached hydrogen (secondary N) is 1. The highest BCUT2D eigenvalue weighted by molar-refractivity contribution is 6.42. The van der Waals surface area contributed by atoms with Gasteiger partial charge in [0.25, 0.3) is 5.91 Å². The molecule has 0 bridgehead atoms. The van der Waals surface area contributed by atoms with Crippen molar-refractivity contribution in [3.05, 3.63) is 57.6 Å². The number of carbonyl (C=O) groups excluding carboxylic acids is 2. The Morgan fingerprint density at radius 1 is 1.15 bits per heavy atom. The van der Waals surface area contributed by atoms with Gasteiger partial charge in [-0.25, -0.2) is 0 Å². The van der Waals surface area contributed by atoms with Gasteiger partial charge in [0, 0.05) is 12.7 Å². The lowest BCUT2D eigenvalue weighted by molar-refractivity contribution is -0.135. The van der Waals surface area contributed by atoms with Gasteiger partial charge in [-0.1, -0.05) is 41.4 Å². The van der Waals surface area contributed by atoms with E-state index in [9.17, 15) is 9.59 Å². The third kappa shape index (κ3) is 5.38. The maximum absolute atomic E-state index is 12.2. The number of halogens is 2. The van der Waals surface area contributed by atoms with Gasteiger partial charge in [0.15, 0.2) is 6.61 Å². The van der Waals surface area contributed by atoms with Crippen LogP contribution in [0, 0.1) is 13.8 Å². The van der Waals surface area contributed by atoms with E-state index in [4.69, 9.17) is 27.9 Å². The van der Waals surface area contributed by atoms with E-state index in [1.165, 1.54) is 11.9 Å². The first-order valence-corrected chi connectivity index (χ1v) is 8.71. The van der Waals surface area contributed by atoms with Crippen molar-refractivity contribution in [2.45, 2.75) is 13.8 Å². The molecule has 26 heavy (non-hydrogen) atoms. The third-order valence-electron chi connectivity index (χ3n) is 3.74. The summed E-state index contributed by atoms with van der Waals surface area (Å²) < 4.78 is 5.40. The minimum atomic E-state index is -0.350. The van der Waals surface area contributed by atoms with E-state index in [0.29, 0.717) is 10.8 Å². The van der Waals surface area contributed by atoms with Crippen LogP contribution in [0.5, 0.6) is 5.75 Å². The molecule has 0 aliphatic carbocycles. The predicted molar refractivity (Wildman–Crippen MR) is 104 cm³/mol. The molecule has 0 radical (unpaired) electrons. The molecular weight excluding hydrogens is 375 g/mol. The molecule has 0 aliphatic heterocycles. The number of anilines is 1. The lowest BCUT2D eigenvalue weighted by Crippen LogP contribution is -2.37. The molecule has 0 atom stereocenters. The first-order chi connectivity index (χ1) is 12.3. The Morgan fingerprint density at radius 3 is 2.62 bits per heavy atom. The zero-order chi connectivity index (χ0) is 19.3. The number of likely N-dealkylation sites (N-methyl/N-ethyl adjacent to an activating group) is 1. The van der Waals surface area contributed by atoms with Gasteiger partial charge in [0.05, 0.1) is 11.6 Å². The molecule has 138 valence electrons. The van der Waals surface area contributed by atoms with Crippen LogP contribution in [0.25, 0.3) is 0 Å². The molecule has 0 fully saturated rings. The van der Waals surface area contributed by atoms with E-state index in [-0.39, 0.29) is 30.0 Å². The van der Waals surface area contributed by atoms with E-state index in [0.717, 1.165) is 16.8 Å². The topological polar surface area (TPSA) is 58.6 Å².